The minimum Gasteiger partial charge on any atom is -0.319 e. The standard InChI is InChI=1S/C15H9Br2N3O/c16-10-4-5-13(18-7-10)15(21)20-12-3-1-2-9-6-11(17)8-19-14(9)12/h1-8H,(H,20,21). The minimum atomic E-state index is -0.264. The first kappa shape index (κ1) is 14.2. The van der Waals surface area contributed by atoms with E-state index in [0.29, 0.717) is 11.4 Å². The van der Waals surface area contributed by atoms with Crippen LogP contribution in [0.3, 0.4) is 0 Å². The summed E-state index contributed by atoms with van der Waals surface area (Å²) in [6, 6.07) is 11.0. The van der Waals surface area contributed by atoms with Crippen molar-refractivity contribution in [3.8, 4) is 0 Å². The molecule has 3 rings (SSSR count). The third-order valence-electron chi connectivity index (χ3n) is 2.89. The Balaban J connectivity index is 1.94. The molecule has 0 saturated carbocycles. The van der Waals surface area contributed by atoms with E-state index in [9.17, 15) is 4.79 Å². The third kappa shape index (κ3) is 3.11. The van der Waals surface area contributed by atoms with Gasteiger partial charge in [-0.2, -0.15) is 0 Å². The Labute approximate surface area is 137 Å². The Morgan fingerprint density at radius 2 is 1.81 bits per heavy atom. The quantitative estimate of drug-likeness (QED) is 0.685. The fourth-order valence-electron chi connectivity index (χ4n) is 1.93. The van der Waals surface area contributed by atoms with Crippen LogP contribution >= 0.6 is 31.9 Å². The molecule has 21 heavy (non-hydrogen) atoms. The van der Waals surface area contributed by atoms with Crippen molar-refractivity contribution >= 4 is 54.4 Å². The van der Waals surface area contributed by atoms with Gasteiger partial charge in [-0.25, -0.2) is 4.98 Å². The molecule has 0 bridgehead atoms. The molecule has 4 nitrogen and oxygen atoms in total. The maximum atomic E-state index is 12.2. The van der Waals surface area contributed by atoms with Crippen molar-refractivity contribution in [2.75, 3.05) is 5.32 Å². The lowest BCUT2D eigenvalue weighted by Crippen LogP contribution is -2.13. The van der Waals surface area contributed by atoms with Crippen LogP contribution in [-0.4, -0.2) is 15.9 Å². The van der Waals surface area contributed by atoms with Crippen LogP contribution in [0.15, 0.2) is 57.7 Å². The summed E-state index contributed by atoms with van der Waals surface area (Å²) in [5.41, 5.74) is 1.76. The van der Waals surface area contributed by atoms with Gasteiger partial charge in [-0.3, -0.25) is 9.78 Å². The minimum absolute atomic E-state index is 0.264. The van der Waals surface area contributed by atoms with Gasteiger partial charge in [0.1, 0.15) is 5.69 Å². The summed E-state index contributed by atoms with van der Waals surface area (Å²) in [6.45, 7) is 0. The van der Waals surface area contributed by atoms with E-state index in [1.165, 1.54) is 0 Å². The van der Waals surface area contributed by atoms with E-state index in [1.807, 2.05) is 24.3 Å². The predicted molar refractivity (Wildman–Crippen MR) is 89.3 cm³/mol. The first-order valence-corrected chi connectivity index (χ1v) is 7.69. The molecule has 0 aliphatic carbocycles. The zero-order valence-corrected chi connectivity index (χ0v) is 13.8. The van der Waals surface area contributed by atoms with Gasteiger partial charge in [0.05, 0.1) is 11.2 Å². The van der Waals surface area contributed by atoms with Crippen molar-refractivity contribution < 1.29 is 4.79 Å². The lowest BCUT2D eigenvalue weighted by molar-refractivity contribution is 0.102. The smallest absolute Gasteiger partial charge is 0.274 e. The Bertz CT molecular complexity index is 819. The summed E-state index contributed by atoms with van der Waals surface area (Å²) in [5, 5.41) is 3.80. The van der Waals surface area contributed by atoms with Gasteiger partial charge in [-0.05, 0) is 56.1 Å². The van der Waals surface area contributed by atoms with Gasteiger partial charge in [0, 0.05) is 26.7 Å². The number of rotatable bonds is 2. The normalized spacial score (nSPS) is 10.6. The molecule has 2 aromatic heterocycles. The van der Waals surface area contributed by atoms with Crippen molar-refractivity contribution in [1.29, 1.82) is 0 Å². The second-order valence-electron chi connectivity index (χ2n) is 4.35. The van der Waals surface area contributed by atoms with Crippen molar-refractivity contribution in [3.63, 3.8) is 0 Å². The highest BCUT2D eigenvalue weighted by Gasteiger charge is 2.10. The zero-order valence-electron chi connectivity index (χ0n) is 10.7. The summed E-state index contributed by atoms with van der Waals surface area (Å²) >= 11 is 6.68. The van der Waals surface area contributed by atoms with Crippen molar-refractivity contribution in [2.24, 2.45) is 0 Å². The largest absolute Gasteiger partial charge is 0.319 e. The van der Waals surface area contributed by atoms with Gasteiger partial charge in [-0.1, -0.05) is 12.1 Å². The molecule has 1 aromatic carbocycles. The van der Waals surface area contributed by atoms with E-state index in [4.69, 9.17) is 0 Å². The Morgan fingerprint density at radius 3 is 2.57 bits per heavy atom. The maximum Gasteiger partial charge on any atom is 0.274 e. The molecule has 0 spiro atoms. The number of hydrogen-bond acceptors (Lipinski definition) is 3. The number of carbonyl (C=O) groups excluding carboxylic acids is 1. The molecule has 6 heteroatoms. The predicted octanol–water partition coefficient (Wildman–Crippen LogP) is 4.41. The second-order valence-corrected chi connectivity index (χ2v) is 6.18. The third-order valence-corrected chi connectivity index (χ3v) is 3.79. The number of nitrogens with one attached hydrogen (secondary N) is 1. The number of anilines is 1. The monoisotopic (exact) mass is 405 g/mol. The first-order valence-electron chi connectivity index (χ1n) is 6.11. The van der Waals surface area contributed by atoms with Crippen LogP contribution in [0, 0.1) is 0 Å². The summed E-state index contributed by atoms with van der Waals surface area (Å²) in [5.74, 6) is -0.264. The van der Waals surface area contributed by atoms with E-state index in [-0.39, 0.29) is 5.91 Å². The highest BCUT2D eigenvalue weighted by molar-refractivity contribution is 9.10. The molecule has 1 amide bonds. The lowest BCUT2D eigenvalue weighted by Gasteiger charge is -2.08. The molecule has 0 aliphatic heterocycles. The number of nitrogens with zero attached hydrogens (tertiary/aromatic N) is 2. The fraction of sp³-hybridized carbons (Fsp3) is 0. The van der Waals surface area contributed by atoms with Crippen LogP contribution in [0.1, 0.15) is 10.5 Å². The molecule has 104 valence electrons. The van der Waals surface area contributed by atoms with Crippen LogP contribution < -0.4 is 5.32 Å². The lowest BCUT2D eigenvalue weighted by atomic mass is 10.2. The van der Waals surface area contributed by atoms with Crippen LogP contribution in [0.2, 0.25) is 0 Å². The number of benzene rings is 1. The SMILES string of the molecule is O=C(Nc1cccc2cc(Br)cnc12)c1ccc(Br)cn1. The zero-order chi connectivity index (χ0) is 14.8. The van der Waals surface area contributed by atoms with Crippen molar-refractivity contribution in [2.45, 2.75) is 0 Å². The number of pyridine rings is 2. The van der Waals surface area contributed by atoms with Gasteiger partial charge in [-0.15, -0.1) is 0 Å². The van der Waals surface area contributed by atoms with Crippen molar-refractivity contribution in [1.82, 2.24) is 9.97 Å². The first-order chi connectivity index (χ1) is 10.1. The van der Waals surface area contributed by atoms with Crippen LogP contribution in [-0.2, 0) is 0 Å². The number of halogens is 2. The molecule has 0 radical (unpaired) electrons. The van der Waals surface area contributed by atoms with Gasteiger partial charge in [0.15, 0.2) is 0 Å². The summed E-state index contributed by atoms with van der Waals surface area (Å²) in [6.07, 6.45) is 3.29. The molecule has 0 aliphatic rings. The van der Waals surface area contributed by atoms with Crippen molar-refractivity contribution in [3.05, 3.63) is 63.4 Å². The topological polar surface area (TPSA) is 54.9 Å². The van der Waals surface area contributed by atoms with E-state index < -0.39 is 0 Å². The summed E-state index contributed by atoms with van der Waals surface area (Å²) in [4.78, 5) is 20.6. The van der Waals surface area contributed by atoms with Gasteiger partial charge in [0.2, 0.25) is 0 Å². The average molecular weight is 407 g/mol. The number of hydrogen-bond donors (Lipinski definition) is 1. The van der Waals surface area contributed by atoms with Crippen LogP contribution in [0.25, 0.3) is 10.9 Å². The number of amides is 1. The van der Waals surface area contributed by atoms with E-state index >= 15 is 0 Å². The molecular formula is C15H9Br2N3O. The second kappa shape index (κ2) is 5.91. The van der Waals surface area contributed by atoms with E-state index in [2.05, 4.69) is 47.1 Å². The average Bonchev–Trinajstić information content (AvgIpc) is 2.47. The highest BCUT2D eigenvalue weighted by Crippen LogP contribution is 2.24. The highest BCUT2D eigenvalue weighted by atomic mass is 79.9. The number of aromatic nitrogens is 2. The number of para-hydroxylation sites is 1. The Hall–Kier alpha value is -1.79. The molecule has 1 N–H and O–H groups in total. The molecular weight excluding hydrogens is 398 g/mol. The summed E-state index contributed by atoms with van der Waals surface area (Å²) < 4.78 is 1.73. The molecule has 0 saturated heterocycles. The fourth-order valence-corrected chi connectivity index (χ4v) is 2.51. The van der Waals surface area contributed by atoms with Crippen LogP contribution in [0.5, 0.6) is 0 Å². The molecule has 3 aromatic rings. The van der Waals surface area contributed by atoms with Gasteiger partial charge < -0.3 is 5.32 Å². The molecule has 0 atom stereocenters. The van der Waals surface area contributed by atoms with Gasteiger partial charge in [0.25, 0.3) is 5.91 Å². The Morgan fingerprint density at radius 1 is 1.00 bits per heavy atom. The van der Waals surface area contributed by atoms with E-state index in [0.717, 1.165) is 19.8 Å². The molecule has 0 unspecified atom stereocenters. The van der Waals surface area contributed by atoms with Gasteiger partial charge >= 0.3 is 0 Å². The molecule has 0 fully saturated rings. The molecule has 2 heterocycles. The Kier molecular flexibility index (Phi) is 3.98. The number of carbonyl (C=O) groups is 1. The number of fused-ring (bicyclic) bond motifs is 1. The maximum absolute atomic E-state index is 12.2. The van der Waals surface area contributed by atoms with E-state index in [1.54, 1.807) is 24.5 Å². The summed E-state index contributed by atoms with van der Waals surface area (Å²) in [7, 11) is 0. The van der Waals surface area contributed by atoms with Crippen LogP contribution in [0.4, 0.5) is 5.69 Å².